The van der Waals surface area contributed by atoms with Crippen molar-refractivity contribution in [3.05, 3.63) is 29.8 Å². The van der Waals surface area contributed by atoms with E-state index in [0.29, 0.717) is 24.3 Å². The topological polar surface area (TPSA) is 72.6 Å². The number of nitrogens with two attached hydrogens (primary N) is 1. The minimum atomic E-state index is -3.33. The minimum absolute atomic E-state index is 0.00311. The quantitative estimate of drug-likeness (QED) is 0.844. The van der Waals surface area contributed by atoms with Crippen molar-refractivity contribution >= 4 is 15.7 Å². The van der Waals surface area contributed by atoms with Crippen molar-refractivity contribution in [3.63, 3.8) is 0 Å². The molecule has 1 atom stereocenters. The molecule has 1 unspecified atom stereocenters. The van der Waals surface area contributed by atoms with E-state index in [4.69, 9.17) is 10.5 Å². The maximum atomic E-state index is 12.4. The zero-order valence-electron chi connectivity index (χ0n) is 11.1. The number of hydrogen-bond donors (Lipinski definition) is 1. The molecular weight excluding hydrogens is 264 g/mol. The fourth-order valence-electron chi connectivity index (χ4n) is 2.30. The van der Waals surface area contributed by atoms with Crippen LogP contribution >= 0.6 is 0 Å². The van der Waals surface area contributed by atoms with Gasteiger partial charge in [0, 0.05) is 25.9 Å². The van der Waals surface area contributed by atoms with Gasteiger partial charge in [0.2, 0.25) is 10.0 Å². The summed E-state index contributed by atoms with van der Waals surface area (Å²) < 4.78 is 31.5. The summed E-state index contributed by atoms with van der Waals surface area (Å²) in [6.07, 6.45) is 1.74. The van der Waals surface area contributed by atoms with E-state index in [1.807, 2.05) is 0 Å². The second kappa shape index (κ2) is 5.90. The first kappa shape index (κ1) is 14.3. The van der Waals surface area contributed by atoms with E-state index in [9.17, 15) is 8.42 Å². The average Bonchev–Trinajstić information content (AvgIpc) is 2.41. The molecule has 0 amide bonds. The van der Waals surface area contributed by atoms with E-state index in [1.54, 1.807) is 31.4 Å². The van der Waals surface area contributed by atoms with Crippen molar-refractivity contribution in [1.82, 2.24) is 4.31 Å². The Morgan fingerprint density at radius 2 is 2.16 bits per heavy atom. The number of benzene rings is 1. The molecule has 1 fully saturated rings. The van der Waals surface area contributed by atoms with Crippen LogP contribution in [-0.2, 0) is 20.5 Å². The Morgan fingerprint density at radius 1 is 1.42 bits per heavy atom. The van der Waals surface area contributed by atoms with Crippen LogP contribution in [0.4, 0.5) is 5.69 Å². The van der Waals surface area contributed by atoms with E-state index in [1.165, 1.54) is 4.31 Å². The molecule has 5 nitrogen and oxygen atoms in total. The van der Waals surface area contributed by atoms with Gasteiger partial charge in [0.15, 0.2) is 0 Å². The van der Waals surface area contributed by atoms with Gasteiger partial charge >= 0.3 is 0 Å². The van der Waals surface area contributed by atoms with Crippen LogP contribution in [0.3, 0.4) is 0 Å². The molecule has 0 bridgehead atoms. The lowest BCUT2D eigenvalue weighted by atomic mass is 10.1. The monoisotopic (exact) mass is 284 g/mol. The normalized spacial score (nSPS) is 21.4. The largest absolute Gasteiger partial charge is 0.398 e. The molecule has 1 aliphatic rings. The number of ether oxygens (including phenoxy) is 1. The summed E-state index contributed by atoms with van der Waals surface area (Å²) >= 11 is 0. The molecule has 0 radical (unpaired) electrons. The molecule has 6 heteroatoms. The fourth-order valence-corrected chi connectivity index (χ4v) is 3.94. The van der Waals surface area contributed by atoms with Crippen LogP contribution in [0.1, 0.15) is 18.4 Å². The minimum Gasteiger partial charge on any atom is -0.398 e. The summed E-state index contributed by atoms with van der Waals surface area (Å²) in [5.41, 5.74) is 6.98. The van der Waals surface area contributed by atoms with Crippen molar-refractivity contribution in [2.75, 3.05) is 25.9 Å². The van der Waals surface area contributed by atoms with Crippen LogP contribution in [0.15, 0.2) is 24.3 Å². The van der Waals surface area contributed by atoms with E-state index in [-0.39, 0.29) is 11.9 Å². The van der Waals surface area contributed by atoms with Crippen LogP contribution in [0.25, 0.3) is 0 Å². The molecule has 0 saturated carbocycles. The molecule has 1 heterocycles. The average molecular weight is 284 g/mol. The molecule has 2 N–H and O–H groups in total. The lowest BCUT2D eigenvalue weighted by Crippen LogP contribution is -2.43. The number of piperidine rings is 1. The van der Waals surface area contributed by atoms with Crippen molar-refractivity contribution in [2.45, 2.75) is 24.7 Å². The van der Waals surface area contributed by atoms with Gasteiger partial charge in [-0.2, -0.15) is 4.31 Å². The van der Waals surface area contributed by atoms with Crippen LogP contribution in [-0.4, -0.2) is 39.0 Å². The summed E-state index contributed by atoms with van der Waals surface area (Å²) in [7, 11) is -1.71. The van der Waals surface area contributed by atoms with E-state index in [2.05, 4.69) is 0 Å². The zero-order chi connectivity index (χ0) is 13.9. The molecule has 2 rings (SSSR count). The highest BCUT2D eigenvalue weighted by Crippen LogP contribution is 2.21. The Bertz CT molecular complexity index is 530. The van der Waals surface area contributed by atoms with Crippen molar-refractivity contribution in [3.8, 4) is 0 Å². The second-order valence-corrected chi connectivity index (χ2v) is 6.78. The van der Waals surface area contributed by atoms with Crippen molar-refractivity contribution in [1.29, 1.82) is 0 Å². The van der Waals surface area contributed by atoms with E-state index in [0.717, 1.165) is 12.8 Å². The van der Waals surface area contributed by atoms with E-state index >= 15 is 0 Å². The maximum absolute atomic E-state index is 12.4. The Balaban J connectivity index is 2.12. The summed E-state index contributed by atoms with van der Waals surface area (Å²) in [4.78, 5) is 0. The van der Waals surface area contributed by atoms with Crippen LogP contribution < -0.4 is 5.73 Å². The van der Waals surface area contributed by atoms with Crippen molar-refractivity contribution in [2.24, 2.45) is 0 Å². The lowest BCUT2D eigenvalue weighted by Gasteiger charge is -2.31. The summed E-state index contributed by atoms with van der Waals surface area (Å²) in [6.45, 7) is 1.00. The molecule has 0 aromatic heterocycles. The number of para-hydroxylation sites is 1. The number of sulfonamides is 1. The van der Waals surface area contributed by atoms with Gasteiger partial charge in [-0.15, -0.1) is 0 Å². The number of nitrogens with zero attached hydrogens (tertiary/aromatic N) is 1. The second-order valence-electron chi connectivity index (χ2n) is 4.81. The molecule has 0 aliphatic carbocycles. The smallest absolute Gasteiger partial charge is 0.218 e. The van der Waals surface area contributed by atoms with Gasteiger partial charge in [-0.05, 0) is 24.5 Å². The Morgan fingerprint density at radius 3 is 2.84 bits per heavy atom. The Kier molecular flexibility index (Phi) is 4.44. The van der Waals surface area contributed by atoms with Gasteiger partial charge in [0.1, 0.15) is 0 Å². The first-order chi connectivity index (χ1) is 9.03. The molecule has 1 aromatic carbocycles. The summed E-state index contributed by atoms with van der Waals surface area (Å²) in [5.74, 6) is -0.0455. The molecule has 1 saturated heterocycles. The van der Waals surface area contributed by atoms with Crippen LogP contribution in [0.2, 0.25) is 0 Å². The zero-order valence-corrected chi connectivity index (χ0v) is 11.9. The fraction of sp³-hybridized carbons (Fsp3) is 0.538. The number of nitrogen functional groups attached to an aromatic ring is 1. The maximum Gasteiger partial charge on any atom is 0.218 e. The van der Waals surface area contributed by atoms with Gasteiger partial charge in [-0.25, -0.2) is 8.42 Å². The predicted octanol–water partition coefficient (Wildman–Crippen LogP) is 1.21. The van der Waals surface area contributed by atoms with Crippen LogP contribution in [0, 0.1) is 0 Å². The van der Waals surface area contributed by atoms with Gasteiger partial charge in [-0.1, -0.05) is 18.2 Å². The Hall–Kier alpha value is -1.11. The Labute approximate surface area is 114 Å². The third-order valence-corrected chi connectivity index (χ3v) is 5.25. The number of methoxy groups -OCH3 is 1. The molecule has 19 heavy (non-hydrogen) atoms. The predicted molar refractivity (Wildman–Crippen MR) is 75.1 cm³/mol. The first-order valence-corrected chi connectivity index (χ1v) is 7.98. The van der Waals surface area contributed by atoms with Gasteiger partial charge in [0.25, 0.3) is 0 Å². The number of anilines is 1. The standard InChI is InChI=1S/C13H20N2O3S/c1-18-12-6-4-8-15(9-12)19(16,17)10-11-5-2-3-7-13(11)14/h2-3,5,7,12H,4,6,8-10,14H2,1H3. The van der Waals surface area contributed by atoms with E-state index < -0.39 is 10.0 Å². The molecular formula is C13H20N2O3S. The summed E-state index contributed by atoms with van der Waals surface area (Å²) in [5, 5.41) is 0. The van der Waals surface area contributed by atoms with Crippen LogP contribution in [0.5, 0.6) is 0 Å². The SMILES string of the molecule is COC1CCCN(S(=O)(=O)Cc2ccccc2N)C1. The van der Waals surface area contributed by atoms with Gasteiger partial charge < -0.3 is 10.5 Å². The third kappa shape index (κ3) is 3.46. The van der Waals surface area contributed by atoms with Gasteiger partial charge in [-0.3, -0.25) is 0 Å². The summed E-state index contributed by atoms with van der Waals surface area (Å²) in [6, 6.07) is 7.08. The first-order valence-electron chi connectivity index (χ1n) is 6.37. The molecule has 0 spiro atoms. The highest BCUT2D eigenvalue weighted by Gasteiger charge is 2.29. The highest BCUT2D eigenvalue weighted by atomic mass is 32.2. The molecule has 1 aliphatic heterocycles. The molecule has 106 valence electrons. The number of hydrogen-bond acceptors (Lipinski definition) is 4. The highest BCUT2D eigenvalue weighted by molar-refractivity contribution is 7.88. The van der Waals surface area contributed by atoms with Gasteiger partial charge in [0.05, 0.1) is 11.9 Å². The third-order valence-electron chi connectivity index (χ3n) is 3.46. The lowest BCUT2D eigenvalue weighted by molar-refractivity contribution is 0.0571. The molecule has 1 aromatic rings. The van der Waals surface area contributed by atoms with Crippen molar-refractivity contribution < 1.29 is 13.2 Å². The number of rotatable bonds is 4.